The zero-order valence-corrected chi connectivity index (χ0v) is 8.39. The van der Waals surface area contributed by atoms with E-state index in [1.807, 2.05) is 0 Å². The third kappa shape index (κ3) is 1.76. The minimum absolute atomic E-state index is 0.294. The number of rotatable bonds is 2. The van der Waals surface area contributed by atoms with Crippen LogP contribution in [0.3, 0.4) is 0 Å². The predicted molar refractivity (Wildman–Crippen MR) is 56.1 cm³/mol. The summed E-state index contributed by atoms with van der Waals surface area (Å²) in [4.78, 5) is 0. The van der Waals surface area contributed by atoms with Gasteiger partial charge in [0.2, 0.25) is 0 Å². The summed E-state index contributed by atoms with van der Waals surface area (Å²) in [6, 6.07) is 6.29. The van der Waals surface area contributed by atoms with Crippen LogP contribution in [0, 0.1) is 5.82 Å². The van der Waals surface area contributed by atoms with Crippen LogP contribution >= 0.6 is 0 Å². The van der Waals surface area contributed by atoms with Crippen molar-refractivity contribution in [3.05, 3.63) is 48.0 Å². The Balaban J connectivity index is 2.61. The molecule has 1 atom stereocenters. The molecule has 0 amide bonds. The van der Waals surface area contributed by atoms with Crippen molar-refractivity contribution < 1.29 is 4.39 Å². The Bertz CT molecular complexity index is 449. The molecule has 0 saturated heterocycles. The van der Waals surface area contributed by atoms with E-state index in [0.29, 0.717) is 11.3 Å². The molecule has 0 unspecified atom stereocenters. The van der Waals surface area contributed by atoms with E-state index in [1.54, 1.807) is 42.2 Å². The zero-order chi connectivity index (χ0) is 10.8. The van der Waals surface area contributed by atoms with Gasteiger partial charge in [0.25, 0.3) is 0 Å². The van der Waals surface area contributed by atoms with Crippen molar-refractivity contribution in [2.45, 2.75) is 13.0 Å². The summed E-state index contributed by atoms with van der Waals surface area (Å²) in [7, 11) is 0. The molecule has 4 heteroatoms. The van der Waals surface area contributed by atoms with Crippen molar-refractivity contribution in [3.8, 4) is 5.69 Å². The minimum atomic E-state index is -0.356. The van der Waals surface area contributed by atoms with E-state index in [2.05, 4.69) is 5.10 Å². The number of nitrogens with zero attached hydrogens (tertiary/aromatic N) is 2. The van der Waals surface area contributed by atoms with Crippen LogP contribution in [0.1, 0.15) is 18.5 Å². The fraction of sp³-hybridized carbons (Fsp3) is 0.182. The topological polar surface area (TPSA) is 43.8 Å². The van der Waals surface area contributed by atoms with Crippen LogP contribution in [0.2, 0.25) is 0 Å². The van der Waals surface area contributed by atoms with Gasteiger partial charge >= 0.3 is 0 Å². The normalized spacial score (nSPS) is 12.7. The lowest BCUT2D eigenvalue weighted by Crippen LogP contribution is -2.12. The second-order valence-electron chi connectivity index (χ2n) is 3.41. The first-order chi connectivity index (χ1) is 7.20. The molecule has 78 valence electrons. The Hall–Kier alpha value is -1.68. The number of halogens is 1. The molecule has 2 rings (SSSR count). The Kier molecular flexibility index (Phi) is 2.51. The molecule has 0 spiro atoms. The van der Waals surface area contributed by atoms with Crippen LogP contribution in [0.5, 0.6) is 0 Å². The van der Waals surface area contributed by atoms with E-state index < -0.39 is 0 Å². The van der Waals surface area contributed by atoms with Gasteiger partial charge < -0.3 is 5.73 Å². The standard InChI is InChI=1S/C11H12FN3/c1-8(13)11-9(12)4-2-5-10(11)15-7-3-6-14-15/h2-8H,13H2,1H3/t8-/m1/s1. The molecule has 0 bridgehead atoms. The third-order valence-electron chi connectivity index (χ3n) is 2.24. The first kappa shape index (κ1) is 9.86. The highest BCUT2D eigenvalue weighted by molar-refractivity contribution is 5.42. The van der Waals surface area contributed by atoms with E-state index in [0.717, 1.165) is 0 Å². The SMILES string of the molecule is C[C@@H](N)c1c(F)cccc1-n1cccn1. The summed E-state index contributed by atoms with van der Waals surface area (Å²) in [5, 5.41) is 4.07. The highest BCUT2D eigenvalue weighted by Gasteiger charge is 2.13. The second-order valence-corrected chi connectivity index (χ2v) is 3.41. The number of nitrogens with two attached hydrogens (primary N) is 1. The van der Waals surface area contributed by atoms with Gasteiger partial charge in [0.1, 0.15) is 5.82 Å². The molecular formula is C11H12FN3. The highest BCUT2D eigenvalue weighted by Crippen LogP contribution is 2.22. The van der Waals surface area contributed by atoms with Gasteiger partial charge in [-0.15, -0.1) is 0 Å². The summed E-state index contributed by atoms with van der Waals surface area (Å²) >= 11 is 0. The maximum absolute atomic E-state index is 13.6. The van der Waals surface area contributed by atoms with Crippen LogP contribution in [-0.2, 0) is 0 Å². The average Bonchev–Trinajstić information content (AvgIpc) is 2.69. The van der Waals surface area contributed by atoms with Gasteiger partial charge in [-0.1, -0.05) is 6.07 Å². The van der Waals surface area contributed by atoms with Gasteiger partial charge in [0, 0.05) is 24.0 Å². The van der Waals surface area contributed by atoms with Gasteiger partial charge in [0.05, 0.1) is 5.69 Å². The van der Waals surface area contributed by atoms with E-state index in [1.165, 1.54) is 6.07 Å². The minimum Gasteiger partial charge on any atom is -0.324 e. The maximum Gasteiger partial charge on any atom is 0.130 e. The quantitative estimate of drug-likeness (QED) is 0.815. The molecule has 3 nitrogen and oxygen atoms in total. The van der Waals surface area contributed by atoms with Gasteiger partial charge in [-0.3, -0.25) is 0 Å². The highest BCUT2D eigenvalue weighted by atomic mass is 19.1. The van der Waals surface area contributed by atoms with Crippen molar-refractivity contribution >= 4 is 0 Å². The Labute approximate surface area is 87.3 Å². The summed E-state index contributed by atoms with van der Waals surface area (Å²) in [5.74, 6) is -0.294. The van der Waals surface area contributed by atoms with Gasteiger partial charge in [-0.05, 0) is 25.1 Å². The Morgan fingerprint density at radius 1 is 1.40 bits per heavy atom. The Morgan fingerprint density at radius 3 is 2.80 bits per heavy atom. The lowest BCUT2D eigenvalue weighted by Gasteiger charge is -2.13. The van der Waals surface area contributed by atoms with Gasteiger partial charge in [-0.25, -0.2) is 9.07 Å². The number of aromatic nitrogens is 2. The number of benzene rings is 1. The summed E-state index contributed by atoms with van der Waals surface area (Å²) < 4.78 is 15.2. The molecule has 0 aliphatic carbocycles. The molecule has 0 fully saturated rings. The fourth-order valence-electron chi connectivity index (χ4n) is 1.59. The van der Waals surface area contributed by atoms with E-state index >= 15 is 0 Å². The van der Waals surface area contributed by atoms with Crippen LogP contribution in [0.4, 0.5) is 4.39 Å². The van der Waals surface area contributed by atoms with Crippen molar-refractivity contribution in [3.63, 3.8) is 0 Å². The van der Waals surface area contributed by atoms with E-state index in [-0.39, 0.29) is 11.9 Å². The lowest BCUT2D eigenvalue weighted by atomic mass is 10.1. The molecule has 1 heterocycles. The average molecular weight is 205 g/mol. The van der Waals surface area contributed by atoms with E-state index in [9.17, 15) is 4.39 Å². The molecule has 2 aromatic rings. The monoisotopic (exact) mass is 205 g/mol. The number of hydrogen-bond donors (Lipinski definition) is 1. The second kappa shape index (κ2) is 3.82. The van der Waals surface area contributed by atoms with Crippen molar-refractivity contribution in [1.29, 1.82) is 0 Å². The van der Waals surface area contributed by atoms with Crippen molar-refractivity contribution in [2.75, 3.05) is 0 Å². The molecule has 0 saturated carbocycles. The molecule has 1 aromatic carbocycles. The Morgan fingerprint density at radius 2 is 2.20 bits per heavy atom. The summed E-state index contributed by atoms with van der Waals surface area (Å²) in [6.45, 7) is 1.76. The molecule has 1 aromatic heterocycles. The smallest absolute Gasteiger partial charge is 0.130 e. The van der Waals surface area contributed by atoms with Crippen LogP contribution in [0.15, 0.2) is 36.7 Å². The molecular weight excluding hydrogens is 193 g/mol. The first-order valence-corrected chi connectivity index (χ1v) is 4.74. The van der Waals surface area contributed by atoms with Crippen molar-refractivity contribution in [1.82, 2.24) is 9.78 Å². The molecule has 15 heavy (non-hydrogen) atoms. The zero-order valence-electron chi connectivity index (χ0n) is 8.39. The molecule has 0 aliphatic rings. The van der Waals surface area contributed by atoms with E-state index in [4.69, 9.17) is 5.73 Å². The summed E-state index contributed by atoms with van der Waals surface area (Å²) in [5.41, 5.74) is 6.92. The van der Waals surface area contributed by atoms with Crippen LogP contribution in [0.25, 0.3) is 5.69 Å². The maximum atomic E-state index is 13.6. The number of hydrogen-bond acceptors (Lipinski definition) is 2. The fourth-order valence-corrected chi connectivity index (χ4v) is 1.59. The molecule has 0 aliphatic heterocycles. The van der Waals surface area contributed by atoms with Crippen molar-refractivity contribution in [2.24, 2.45) is 5.73 Å². The molecule has 2 N–H and O–H groups in total. The first-order valence-electron chi connectivity index (χ1n) is 4.74. The summed E-state index contributed by atoms with van der Waals surface area (Å²) in [6.07, 6.45) is 3.41. The molecule has 0 radical (unpaired) electrons. The lowest BCUT2D eigenvalue weighted by molar-refractivity contribution is 0.589. The largest absolute Gasteiger partial charge is 0.324 e. The third-order valence-corrected chi connectivity index (χ3v) is 2.24. The van der Waals surface area contributed by atoms with Crippen LogP contribution < -0.4 is 5.73 Å². The van der Waals surface area contributed by atoms with Crippen LogP contribution in [-0.4, -0.2) is 9.78 Å². The predicted octanol–water partition coefficient (Wildman–Crippen LogP) is 2.03. The van der Waals surface area contributed by atoms with Gasteiger partial charge in [0.15, 0.2) is 0 Å². The van der Waals surface area contributed by atoms with Gasteiger partial charge in [-0.2, -0.15) is 5.10 Å².